The summed E-state index contributed by atoms with van der Waals surface area (Å²) in [6.45, 7) is 4.63. The second kappa shape index (κ2) is 8.43. The number of rotatable bonds is 4. The molecule has 0 bridgehead atoms. The normalized spacial score (nSPS) is 14.2. The Morgan fingerprint density at radius 1 is 1.17 bits per heavy atom. The number of fused-ring (bicyclic) bond motifs is 1. The number of carbonyl (C=O) groups is 1. The summed E-state index contributed by atoms with van der Waals surface area (Å²) in [4.78, 5) is 34.2. The number of aryl methyl sites for hydroxylation is 1. The van der Waals surface area contributed by atoms with E-state index in [0.29, 0.717) is 49.2 Å². The van der Waals surface area contributed by atoms with Gasteiger partial charge in [0.05, 0.1) is 17.0 Å². The number of methoxy groups -OCH3 is 1. The first-order valence-electron chi connectivity index (χ1n) is 9.77. The Balaban J connectivity index is 1.57. The van der Waals surface area contributed by atoms with Crippen molar-refractivity contribution in [2.45, 2.75) is 13.5 Å². The Labute approximate surface area is 182 Å². The van der Waals surface area contributed by atoms with Gasteiger partial charge in [0, 0.05) is 50.4 Å². The minimum Gasteiger partial charge on any atom is -0.495 e. The van der Waals surface area contributed by atoms with Crippen LogP contribution in [0.4, 0.5) is 5.82 Å². The molecule has 8 nitrogen and oxygen atoms in total. The molecule has 30 heavy (non-hydrogen) atoms. The number of piperazine rings is 1. The van der Waals surface area contributed by atoms with Gasteiger partial charge in [0.1, 0.15) is 11.6 Å². The highest BCUT2D eigenvalue weighted by molar-refractivity contribution is 9.10. The van der Waals surface area contributed by atoms with E-state index >= 15 is 0 Å². The number of aromatic nitrogens is 3. The lowest BCUT2D eigenvalue weighted by Gasteiger charge is -2.35. The van der Waals surface area contributed by atoms with Crippen LogP contribution in [0.1, 0.15) is 17.4 Å². The van der Waals surface area contributed by atoms with Crippen molar-refractivity contribution in [1.29, 1.82) is 0 Å². The lowest BCUT2D eigenvalue weighted by Crippen LogP contribution is -2.49. The average Bonchev–Trinajstić information content (AvgIpc) is 2.79. The van der Waals surface area contributed by atoms with Gasteiger partial charge in [-0.3, -0.25) is 9.59 Å². The Bertz CT molecular complexity index is 1160. The third kappa shape index (κ3) is 3.65. The van der Waals surface area contributed by atoms with Crippen molar-refractivity contribution in [2.75, 3.05) is 38.2 Å². The molecule has 0 aliphatic carbocycles. The summed E-state index contributed by atoms with van der Waals surface area (Å²) in [7, 11) is 1.62. The van der Waals surface area contributed by atoms with Gasteiger partial charge < -0.3 is 14.5 Å². The highest BCUT2D eigenvalue weighted by atomic mass is 79.9. The number of ether oxygens (including phenoxy) is 1. The summed E-state index contributed by atoms with van der Waals surface area (Å²) >= 11 is 3.42. The van der Waals surface area contributed by atoms with E-state index in [1.165, 1.54) is 4.68 Å². The van der Waals surface area contributed by atoms with Gasteiger partial charge in [-0.25, -0.2) is 9.67 Å². The van der Waals surface area contributed by atoms with Gasteiger partial charge in [-0.15, -0.1) is 0 Å². The van der Waals surface area contributed by atoms with E-state index in [1.807, 2.05) is 19.1 Å². The summed E-state index contributed by atoms with van der Waals surface area (Å²) < 4.78 is 7.50. The fourth-order valence-corrected chi connectivity index (χ4v) is 4.01. The molecule has 1 saturated heterocycles. The van der Waals surface area contributed by atoms with E-state index in [9.17, 15) is 9.59 Å². The molecule has 9 heteroatoms. The lowest BCUT2D eigenvalue weighted by atomic mass is 10.1. The molecule has 0 atom stereocenters. The van der Waals surface area contributed by atoms with E-state index in [2.05, 4.69) is 30.9 Å². The number of anilines is 1. The first-order chi connectivity index (χ1) is 14.5. The van der Waals surface area contributed by atoms with Crippen molar-refractivity contribution in [2.24, 2.45) is 0 Å². The van der Waals surface area contributed by atoms with Gasteiger partial charge >= 0.3 is 0 Å². The Hall–Kier alpha value is -2.94. The van der Waals surface area contributed by atoms with Gasteiger partial charge in [0.2, 0.25) is 0 Å². The molecule has 0 spiro atoms. The SMILES string of the molecule is CCn1nc(C(=O)N2CCN(c3cc(OC)c(Br)cn3)CC2)c2ccccc2c1=O. The van der Waals surface area contributed by atoms with Crippen LogP contribution in [-0.4, -0.2) is 58.9 Å². The zero-order chi connectivity index (χ0) is 21.3. The summed E-state index contributed by atoms with van der Waals surface area (Å²) in [6.07, 6.45) is 1.72. The van der Waals surface area contributed by atoms with E-state index in [0.717, 1.165) is 16.0 Å². The molecule has 1 aliphatic heterocycles. The molecule has 0 saturated carbocycles. The molecule has 2 aromatic heterocycles. The van der Waals surface area contributed by atoms with E-state index in [1.54, 1.807) is 36.4 Å². The molecule has 1 aliphatic rings. The number of halogens is 1. The smallest absolute Gasteiger partial charge is 0.275 e. The molecule has 3 heterocycles. The monoisotopic (exact) mass is 471 g/mol. The van der Waals surface area contributed by atoms with Crippen molar-refractivity contribution in [3.8, 4) is 5.75 Å². The number of amides is 1. The largest absolute Gasteiger partial charge is 0.495 e. The zero-order valence-electron chi connectivity index (χ0n) is 16.8. The van der Waals surface area contributed by atoms with Crippen LogP contribution in [0.15, 0.2) is 45.8 Å². The summed E-state index contributed by atoms with van der Waals surface area (Å²) in [5, 5.41) is 5.48. The van der Waals surface area contributed by atoms with Crippen LogP contribution in [0.3, 0.4) is 0 Å². The Morgan fingerprint density at radius 2 is 1.87 bits per heavy atom. The molecule has 0 unspecified atom stereocenters. The van der Waals surface area contributed by atoms with E-state index in [4.69, 9.17) is 4.74 Å². The van der Waals surface area contributed by atoms with Gasteiger partial charge in [-0.1, -0.05) is 18.2 Å². The maximum absolute atomic E-state index is 13.3. The minimum absolute atomic E-state index is 0.158. The zero-order valence-corrected chi connectivity index (χ0v) is 18.4. The second-order valence-electron chi connectivity index (χ2n) is 6.97. The second-order valence-corrected chi connectivity index (χ2v) is 7.83. The standard InChI is InChI=1S/C21H22BrN5O3/c1-3-27-20(28)15-7-5-4-6-14(15)19(24-27)21(29)26-10-8-25(9-11-26)18-12-17(30-2)16(22)13-23-18/h4-7,12-13H,3,8-11H2,1-2H3. The maximum atomic E-state index is 13.3. The minimum atomic E-state index is -0.176. The molecule has 4 rings (SSSR count). The fraction of sp³-hybridized carbons (Fsp3) is 0.333. The van der Waals surface area contributed by atoms with Gasteiger partial charge in [-0.05, 0) is 28.9 Å². The van der Waals surface area contributed by atoms with Gasteiger partial charge in [0.25, 0.3) is 11.5 Å². The van der Waals surface area contributed by atoms with Crippen LogP contribution < -0.4 is 15.2 Å². The molecule has 0 N–H and O–H groups in total. The van der Waals surface area contributed by atoms with E-state index < -0.39 is 0 Å². The van der Waals surface area contributed by atoms with Crippen LogP contribution in [0.2, 0.25) is 0 Å². The predicted octanol–water partition coefficient (Wildman–Crippen LogP) is 2.54. The third-order valence-electron chi connectivity index (χ3n) is 5.29. The van der Waals surface area contributed by atoms with Gasteiger partial charge in [-0.2, -0.15) is 5.10 Å². The highest BCUT2D eigenvalue weighted by Crippen LogP contribution is 2.28. The quantitative estimate of drug-likeness (QED) is 0.581. The lowest BCUT2D eigenvalue weighted by molar-refractivity contribution is 0.0740. The molecular formula is C21H22BrN5O3. The molecular weight excluding hydrogens is 450 g/mol. The molecule has 1 amide bonds. The van der Waals surface area contributed by atoms with Crippen LogP contribution in [0.25, 0.3) is 10.8 Å². The van der Waals surface area contributed by atoms with Crippen molar-refractivity contribution >= 4 is 38.4 Å². The topological polar surface area (TPSA) is 80.6 Å². The van der Waals surface area contributed by atoms with Crippen LogP contribution >= 0.6 is 15.9 Å². The fourth-order valence-electron chi connectivity index (χ4n) is 3.64. The van der Waals surface area contributed by atoms with E-state index in [-0.39, 0.29) is 11.5 Å². The van der Waals surface area contributed by atoms with Crippen molar-refractivity contribution in [1.82, 2.24) is 19.7 Å². The van der Waals surface area contributed by atoms with Crippen LogP contribution in [0.5, 0.6) is 5.75 Å². The summed E-state index contributed by atoms with van der Waals surface area (Å²) in [5.41, 5.74) is 0.147. The molecule has 3 aromatic rings. The number of carbonyl (C=O) groups excluding carboxylic acids is 1. The summed E-state index contributed by atoms with van der Waals surface area (Å²) in [5.74, 6) is 1.37. The third-order valence-corrected chi connectivity index (χ3v) is 5.88. The molecule has 1 fully saturated rings. The Morgan fingerprint density at radius 3 is 2.53 bits per heavy atom. The van der Waals surface area contributed by atoms with Crippen molar-refractivity contribution in [3.05, 3.63) is 57.0 Å². The first-order valence-corrected chi connectivity index (χ1v) is 10.6. The van der Waals surface area contributed by atoms with Crippen molar-refractivity contribution in [3.63, 3.8) is 0 Å². The number of hydrogen-bond acceptors (Lipinski definition) is 6. The highest BCUT2D eigenvalue weighted by Gasteiger charge is 2.26. The van der Waals surface area contributed by atoms with Crippen LogP contribution in [0, 0.1) is 0 Å². The number of nitrogens with zero attached hydrogens (tertiary/aromatic N) is 5. The summed E-state index contributed by atoms with van der Waals surface area (Å²) in [6, 6.07) is 9.03. The molecule has 156 valence electrons. The van der Waals surface area contributed by atoms with Crippen molar-refractivity contribution < 1.29 is 9.53 Å². The average molecular weight is 472 g/mol. The number of benzene rings is 1. The first kappa shape index (κ1) is 20.3. The van der Waals surface area contributed by atoms with Gasteiger partial charge in [0.15, 0.2) is 5.69 Å². The maximum Gasteiger partial charge on any atom is 0.275 e. The number of pyridine rings is 1. The number of hydrogen-bond donors (Lipinski definition) is 0. The molecule has 1 aromatic carbocycles. The van der Waals surface area contributed by atoms with Crippen LogP contribution in [-0.2, 0) is 6.54 Å². The Kier molecular flexibility index (Phi) is 5.72. The molecule has 0 radical (unpaired) electrons. The predicted molar refractivity (Wildman–Crippen MR) is 118 cm³/mol.